The third-order valence-electron chi connectivity index (χ3n) is 5.15. The van der Waals surface area contributed by atoms with Crippen LogP contribution < -0.4 is 11.2 Å². The number of rotatable bonds is 2. The average molecular weight is 391 g/mol. The fourth-order valence-electron chi connectivity index (χ4n) is 3.66. The van der Waals surface area contributed by atoms with E-state index in [2.05, 4.69) is 20.1 Å². The van der Waals surface area contributed by atoms with Gasteiger partial charge in [-0.15, -0.1) is 0 Å². The van der Waals surface area contributed by atoms with Gasteiger partial charge in [0.1, 0.15) is 11.3 Å². The number of carbonyl (C=O) groups is 1. The van der Waals surface area contributed by atoms with Crippen LogP contribution >= 0.6 is 0 Å². The molecule has 4 aromatic rings. The largest absolute Gasteiger partial charge is 0.331 e. The number of H-pyrrole nitrogens is 2. The Morgan fingerprint density at radius 1 is 1.17 bits per heavy atom. The van der Waals surface area contributed by atoms with Gasteiger partial charge in [0.2, 0.25) is 0 Å². The molecular weight excluding hydrogens is 374 g/mol. The summed E-state index contributed by atoms with van der Waals surface area (Å²) in [4.78, 5) is 46.5. The van der Waals surface area contributed by atoms with Gasteiger partial charge in [-0.25, -0.2) is 9.78 Å². The lowest BCUT2D eigenvalue weighted by Crippen LogP contribution is -2.41. The second kappa shape index (κ2) is 6.30. The highest BCUT2D eigenvalue weighted by Gasteiger charge is 2.26. The molecule has 1 amide bonds. The van der Waals surface area contributed by atoms with Crippen LogP contribution in [-0.4, -0.2) is 46.7 Å². The summed E-state index contributed by atoms with van der Waals surface area (Å²) in [6.07, 6.45) is 1.15. The van der Waals surface area contributed by atoms with Crippen molar-refractivity contribution in [3.63, 3.8) is 0 Å². The SMILES string of the molecule is Cn1c(-c2cc3n(n2)CCN(C(=O)c2c[nH]c(=O)[nH]c2=O)C3)nc2ccccc21. The molecule has 0 atom stereocenters. The Kier molecular flexibility index (Phi) is 3.73. The van der Waals surface area contributed by atoms with Gasteiger partial charge >= 0.3 is 5.69 Å². The van der Waals surface area contributed by atoms with Crippen molar-refractivity contribution in [2.24, 2.45) is 7.05 Å². The van der Waals surface area contributed by atoms with Gasteiger partial charge in [-0.3, -0.25) is 19.3 Å². The first-order valence-electron chi connectivity index (χ1n) is 9.11. The molecule has 29 heavy (non-hydrogen) atoms. The summed E-state index contributed by atoms with van der Waals surface area (Å²) < 4.78 is 3.85. The molecule has 10 heteroatoms. The lowest BCUT2D eigenvalue weighted by Gasteiger charge is -2.27. The van der Waals surface area contributed by atoms with E-state index in [4.69, 9.17) is 0 Å². The molecule has 1 aliphatic heterocycles. The van der Waals surface area contributed by atoms with Gasteiger partial charge in [0.25, 0.3) is 11.5 Å². The summed E-state index contributed by atoms with van der Waals surface area (Å²) in [5.41, 5.74) is 2.07. The lowest BCUT2D eigenvalue weighted by molar-refractivity contribution is 0.0703. The quantitative estimate of drug-likeness (QED) is 0.514. The van der Waals surface area contributed by atoms with Crippen molar-refractivity contribution in [1.29, 1.82) is 0 Å². The number of carbonyl (C=O) groups excluding carboxylic acids is 1. The number of hydrogen-bond donors (Lipinski definition) is 2. The number of imidazole rings is 1. The van der Waals surface area contributed by atoms with Crippen molar-refractivity contribution in [3.8, 4) is 11.5 Å². The standard InChI is InChI=1S/C19H17N7O3/c1-24-15-5-3-2-4-13(15)21-16(24)14-8-11-10-25(6-7-26(11)23-14)18(28)12-9-20-19(29)22-17(12)27/h2-5,8-9H,6-7,10H2,1H3,(H2,20,22,27,29). The van der Waals surface area contributed by atoms with Gasteiger partial charge < -0.3 is 14.5 Å². The zero-order chi connectivity index (χ0) is 20.1. The number of benzene rings is 1. The summed E-state index contributed by atoms with van der Waals surface area (Å²) >= 11 is 0. The van der Waals surface area contributed by atoms with Crippen LogP contribution in [0.4, 0.5) is 0 Å². The first-order chi connectivity index (χ1) is 14.0. The molecular formula is C19H17N7O3. The van der Waals surface area contributed by atoms with Crippen LogP contribution in [0.1, 0.15) is 16.1 Å². The maximum absolute atomic E-state index is 12.7. The Bertz CT molecular complexity index is 1370. The van der Waals surface area contributed by atoms with E-state index in [0.717, 1.165) is 34.4 Å². The van der Waals surface area contributed by atoms with E-state index in [1.807, 2.05) is 46.6 Å². The average Bonchev–Trinajstić information content (AvgIpc) is 3.28. The number of para-hydroxylation sites is 2. The highest BCUT2D eigenvalue weighted by atomic mass is 16.2. The molecule has 4 heterocycles. The maximum Gasteiger partial charge on any atom is 0.325 e. The van der Waals surface area contributed by atoms with Gasteiger partial charge in [-0.05, 0) is 18.2 Å². The van der Waals surface area contributed by atoms with Crippen LogP contribution in [0.25, 0.3) is 22.6 Å². The predicted octanol–water partition coefficient (Wildman–Crippen LogP) is 0.469. The molecule has 0 spiro atoms. The number of aryl methyl sites for hydroxylation is 1. The highest BCUT2D eigenvalue weighted by molar-refractivity contribution is 5.93. The zero-order valence-electron chi connectivity index (χ0n) is 15.5. The van der Waals surface area contributed by atoms with E-state index in [9.17, 15) is 14.4 Å². The monoisotopic (exact) mass is 391 g/mol. The molecule has 3 aromatic heterocycles. The Morgan fingerprint density at radius 2 is 2.00 bits per heavy atom. The molecule has 1 aliphatic rings. The fourth-order valence-corrected chi connectivity index (χ4v) is 3.66. The van der Waals surface area contributed by atoms with E-state index in [1.165, 1.54) is 0 Å². The Hall–Kier alpha value is -3.95. The number of fused-ring (bicyclic) bond motifs is 2. The lowest BCUT2D eigenvalue weighted by atomic mass is 10.2. The van der Waals surface area contributed by atoms with Crippen molar-refractivity contribution >= 4 is 16.9 Å². The van der Waals surface area contributed by atoms with Gasteiger partial charge in [-0.1, -0.05) is 12.1 Å². The van der Waals surface area contributed by atoms with E-state index in [0.29, 0.717) is 19.6 Å². The second-order valence-electron chi connectivity index (χ2n) is 6.94. The van der Waals surface area contributed by atoms with Crippen LogP contribution in [0.5, 0.6) is 0 Å². The molecule has 0 fully saturated rings. The number of aromatic amines is 2. The molecule has 0 aliphatic carbocycles. The Morgan fingerprint density at radius 3 is 2.79 bits per heavy atom. The molecule has 0 saturated heterocycles. The van der Waals surface area contributed by atoms with Crippen LogP contribution in [-0.2, 0) is 20.1 Å². The van der Waals surface area contributed by atoms with Gasteiger partial charge in [0, 0.05) is 19.8 Å². The van der Waals surface area contributed by atoms with Gasteiger partial charge in [0.15, 0.2) is 5.82 Å². The Labute approximate surface area is 163 Å². The number of nitrogens with one attached hydrogen (secondary N) is 2. The molecule has 1 aromatic carbocycles. The van der Waals surface area contributed by atoms with Crippen molar-refractivity contribution in [2.45, 2.75) is 13.1 Å². The number of aromatic nitrogens is 6. The number of nitrogens with zero attached hydrogens (tertiary/aromatic N) is 5. The molecule has 0 radical (unpaired) electrons. The summed E-state index contributed by atoms with van der Waals surface area (Å²) in [5.74, 6) is 0.322. The molecule has 2 N–H and O–H groups in total. The van der Waals surface area contributed by atoms with Gasteiger partial charge in [0.05, 0.1) is 29.8 Å². The molecule has 146 valence electrons. The minimum atomic E-state index is -0.696. The minimum Gasteiger partial charge on any atom is -0.331 e. The van der Waals surface area contributed by atoms with Crippen LogP contribution in [0, 0.1) is 0 Å². The van der Waals surface area contributed by atoms with Crippen molar-refractivity contribution < 1.29 is 4.79 Å². The molecule has 5 rings (SSSR count). The fraction of sp³-hybridized carbons (Fsp3) is 0.211. The molecule has 0 saturated carbocycles. The van der Waals surface area contributed by atoms with Crippen molar-refractivity contribution in [3.05, 3.63) is 68.6 Å². The van der Waals surface area contributed by atoms with Crippen molar-refractivity contribution in [1.82, 2.24) is 34.2 Å². The van der Waals surface area contributed by atoms with E-state index >= 15 is 0 Å². The number of hydrogen-bond acceptors (Lipinski definition) is 5. The molecule has 0 bridgehead atoms. The van der Waals surface area contributed by atoms with E-state index in [1.54, 1.807) is 4.90 Å². The smallest absolute Gasteiger partial charge is 0.325 e. The summed E-state index contributed by atoms with van der Waals surface area (Å²) in [5, 5.41) is 4.65. The summed E-state index contributed by atoms with van der Waals surface area (Å²) in [7, 11) is 1.95. The highest BCUT2D eigenvalue weighted by Crippen LogP contribution is 2.25. The Balaban J connectivity index is 1.46. The van der Waals surface area contributed by atoms with E-state index in [-0.39, 0.29) is 5.56 Å². The van der Waals surface area contributed by atoms with Gasteiger partial charge in [-0.2, -0.15) is 5.10 Å². The van der Waals surface area contributed by atoms with Crippen LogP contribution in [0.15, 0.2) is 46.1 Å². The first kappa shape index (κ1) is 17.2. The second-order valence-corrected chi connectivity index (χ2v) is 6.94. The zero-order valence-corrected chi connectivity index (χ0v) is 15.5. The third-order valence-corrected chi connectivity index (χ3v) is 5.15. The third kappa shape index (κ3) is 2.76. The minimum absolute atomic E-state index is 0.0897. The normalized spacial score (nSPS) is 13.6. The van der Waals surface area contributed by atoms with E-state index < -0.39 is 17.2 Å². The van der Waals surface area contributed by atoms with Crippen molar-refractivity contribution in [2.75, 3.05) is 6.54 Å². The van der Waals surface area contributed by atoms with Crippen LogP contribution in [0.2, 0.25) is 0 Å². The molecule has 0 unspecified atom stereocenters. The van der Waals surface area contributed by atoms with Crippen LogP contribution in [0.3, 0.4) is 0 Å². The summed E-state index contributed by atoms with van der Waals surface area (Å²) in [6, 6.07) is 9.78. The number of amides is 1. The topological polar surface area (TPSA) is 122 Å². The summed E-state index contributed by atoms with van der Waals surface area (Å²) in [6.45, 7) is 1.23. The first-order valence-corrected chi connectivity index (χ1v) is 9.11. The maximum atomic E-state index is 12.7. The predicted molar refractivity (Wildman–Crippen MR) is 104 cm³/mol. The molecule has 10 nitrogen and oxygen atoms in total.